The Hall–Kier alpha value is -3.00. The number of aliphatic imine (C=N–C) groups is 1. The van der Waals surface area contributed by atoms with Gasteiger partial charge in [0, 0.05) is 29.2 Å². The van der Waals surface area contributed by atoms with Crippen molar-refractivity contribution in [1.82, 2.24) is 10.2 Å². The molecule has 4 rings (SSSR count). The van der Waals surface area contributed by atoms with Gasteiger partial charge in [-0.05, 0) is 17.6 Å². The first-order chi connectivity index (χ1) is 13.1. The quantitative estimate of drug-likeness (QED) is 0.812. The van der Waals surface area contributed by atoms with Crippen molar-refractivity contribution < 1.29 is 18.8 Å². The number of carbonyl (C=O) groups is 1. The predicted molar refractivity (Wildman–Crippen MR) is 99.1 cm³/mol. The lowest BCUT2D eigenvalue weighted by Crippen LogP contribution is -2.36. The van der Waals surface area contributed by atoms with Crippen molar-refractivity contribution in [1.29, 1.82) is 0 Å². The van der Waals surface area contributed by atoms with E-state index in [-0.39, 0.29) is 11.4 Å². The van der Waals surface area contributed by atoms with Gasteiger partial charge in [0.25, 0.3) is 5.91 Å². The van der Waals surface area contributed by atoms with Gasteiger partial charge < -0.3 is 15.0 Å². The van der Waals surface area contributed by atoms with E-state index in [1.807, 2.05) is 24.3 Å². The molecule has 3 aliphatic rings. The molecule has 3 heterocycles. The number of nitrogens with one attached hydrogen (secondary N) is 1. The third kappa shape index (κ3) is 3.23. The van der Waals surface area contributed by atoms with Gasteiger partial charge in [0.1, 0.15) is 24.4 Å². The summed E-state index contributed by atoms with van der Waals surface area (Å²) in [5.74, 6) is 0.941. The summed E-state index contributed by atoms with van der Waals surface area (Å²) in [5, 5.41) is 6.54. The van der Waals surface area contributed by atoms with Gasteiger partial charge in [0.05, 0.1) is 11.4 Å². The molecule has 1 aromatic carbocycles. The molecule has 0 saturated heterocycles. The molecule has 27 heavy (non-hydrogen) atoms. The number of ether oxygens (including phenoxy) is 1. The number of hydrogen-bond donors (Lipinski definition) is 1. The molecule has 1 aromatic rings. The molecule has 0 saturated carbocycles. The van der Waals surface area contributed by atoms with Crippen LogP contribution in [0.15, 0.2) is 58.0 Å². The van der Waals surface area contributed by atoms with Crippen molar-refractivity contribution in [3.05, 3.63) is 53.5 Å². The second-order valence-corrected chi connectivity index (χ2v) is 6.50. The average Bonchev–Trinajstić information content (AvgIpc) is 3.02. The molecule has 2 bridgehead atoms. The van der Waals surface area contributed by atoms with Gasteiger partial charge in [-0.1, -0.05) is 25.1 Å². The number of amidine groups is 1. The fourth-order valence-corrected chi connectivity index (χ4v) is 3.26. The lowest BCUT2D eigenvalue weighted by atomic mass is 10.1. The standard InChI is InChI=1S/C19H20FN5O2/c1-2-9-24-13-14-5-3-4-6-16(14)27-11-8-21-19(26)15-12-22-25(20)10-7-17(24)23-18(15)25/h3-7,10,12H,2,8-9,11,13H2,1H3/p+1. The van der Waals surface area contributed by atoms with Crippen LogP contribution in [0.25, 0.3) is 0 Å². The number of halogens is 1. The minimum absolute atomic E-state index is 0.0143. The Kier molecular flexibility index (Phi) is 4.49. The summed E-state index contributed by atoms with van der Waals surface area (Å²) in [5.41, 5.74) is 1.14. The Morgan fingerprint density at radius 1 is 1.37 bits per heavy atom. The van der Waals surface area contributed by atoms with Gasteiger partial charge in [0.15, 0.2) is 11.8 Å². The topological polar surface area (TPSA) is 66.3 Å². The first-order valence-electron chi connectivity index (χ1n) is 9.01. The normalized spacial score (nSPS) is 24.3. The van der Waals surface area contributed by atoms with Crippen LogP contribution < -0.4 is 10.1 Å². The third-order valence-corrected chi connectivity index (χ3v) is 4.58. The Morgan fingerprint density at radius 3 is 3.07 bits per heavy atom. The molecule has 0 fully saturated rings. The maximum absolute atomic E-state index is 15.0. The molecule has 1 atom stereocenters. The zero-order valence-corrected chi connectivity index (χ0v) is 15.1. The van der Waals surface area contributed by atoms with E-state index in [1.54, 1.807) is 6.08 Å². The summed E-state index contributed by atoms with van der Waals surface area (Å²) < 4.78 is 20.9. The minimum atomic E-state index is -1.33. The van der Waals surface area contributed by atoms with Gasteiger partial charge in [-0.25, -0.2) is 0 Å². The largest absolute Gasteiger partial charge is 0.491 e. The van der Waals surface area contributed by atoms with Crippen LogP contribution in [0.1, 0.15) is 18.9 Å². The number of amides is 1. The molecule has 3 aliphatic heterocycles. The highest BCUT2D eigenvalue weighted by Gasteiger charge is 2.45. The molecule has 0 spiro atoms. The maximum Gasteiger partial charge on any atom is 0.316 e. The molecule has 1 amide bonds. The summed E-state index contributed by atoms with van der Waals surface area (Å²) in [6.07, 6.45) is 5.05. The Morgan fingerprint density at radius 2 is 2.22 bits per heavy atom. The van der Waals surface area contributed by atoms with Crippen LogP contribution in [-0.4, -0.2) is 47.4 Å². The lowest BCUT2D eigenvalue weighted by Gasteiger charge is -2.27. The zero-order chi connectivity index (χ0) is 18.9. The molecule has 1 unspecified atom stereocenters. The summed E-state index contributed by atoms with van der Waals surface area (Å²) in [4.78, 5) is 17.7. The van der Waals surface area contributed by atoms with Crippen LogP contribution in [-0.2, 0) is 11.3 Å². The average molecular weight is 370 g/mol. The summed E-state index contributed by atoms with van der Waals surface area (Å²) >= 11 is 0. The van der Waals surface area contributed by atoms with Crippen LogP contribution in [0.2, 0.25) is 0 Å². The number of fused-ring (bicyclic) bond motifs is 1. The molecule has 0 aromatic heterocycles. The molecule has 1 N–H and O–H groups in total. The predicted octanol–water partition coefficient (Wildman–Crippen LogP) is 2.25. The van der Waals surface area contributed by atoms with Gasteiger partial charge in [-0.2, -0.15) is 4.99 Å². The number of carbonyl (C=O) groups excluding carboxylic acids is 1. The molecular weight excluding hydrogens is 349 g/mol. The SMILES string of the molecule is CCCN1Cc2ccccc2OCCNC(=O)C2=C3N=C1C=C[N+]3(F)N=C2. The van der Waals surface area contributed by atoms with Crippen LogP contribution in [0.3, 0.4) is 0 Å². The highest BCUT2D eigenvalue weighted by molar-refractivity contribution is 6.13. The third-order valence-electron chi connectivity index (χ3n) is 4.58. The van der Waals surface area contributed by atoms with Gasteiger partial charge in [-0.15, -0.1) is 0 Å². The number of hydrogen-bond acceptors (Lipinski definition) is 5. The Balaban J connectivity index is 1.78. The second-order valence-electron chi connectivity index (χ2n) is 6.50. The summed E-state index contributed by atoms with van der Waals surface area (Å²) in [6.45, 7) is 4.00. The van der Waals surface area contributed by atoms with E-state index in [2.05, 4.69) is 27.2 Å². The van der Waals surface area contributed by atoms with Crippen molar-refractivity contribution >= 4 is 18.0 Å². The monoisotopic (exact) mass is 370 g/mol. The highest BCUT2D eigenvalue weighted by Crippen LogP contribution is 2.33. The van der Waals surface area contributed by atoms with Gasteiger partial charge >= 0.3 is 5.82 Å². The molecule has 7 nitrogen and oxygen atoms in total. The van der Waals surface area contributed by atoms with Crippen molar-refractivity contribution in [3.8, 4) is 5.75 Å². The van der Waals surface area contributed by atoms with E-state index in [1.165, 1.54) is 12.4 Å². The van der Waals surface area contributed by atoms with E-state index in [0.717, 1.165) is 24.3 Å². The number of nitrogens with zero attached hydrogens (tertiary/aromatic N) is 4. The second kappa shape index (κ2) is 6.96. The number of benzene rings is 1. The van der Waals surface area contributed by atoms with Gasteiger partial charge in [-0.3, -0.25) is 4.79 Å². The number of para-hydroxylation sites is 1. The fourth-order valence-electron chi connectivity index (χ4n) is 3.26. The van der Waals surface area contributed by atoms with Crippen molar-refractivity contribution in [3.63, 3.8) is 0 Å². The summed E-state index contributed by atoms with van der Waals surface area (Å²) in [7, 11) is 0. The number of quaternary nitrogens is 1. The van der Waals surface area contributed by atoms with Crippen molar-refractivity contribution in [2.45, 2.75) is 19.9 Å². The molecule has 0 aliphatic carbocycles. The molecule has 0 radical (unpaired) electrons. The minimum Gasteiger partial charge on any atom is -0.491 e. The summed E-state index contributed by atoms with van der Waals surface area (Å²) in [6, 6.07) is 7.79. The van der Waals surface area contributed by atoms with E-state index >= 15 is 4.48 Å². The fraction of sp³-hybridized carbons (Fsp3) is 0.316. The Bertz CT molecular complexity index is 892. The van der Waals surface area contributed by atoms with E-state index in [4.69, 9.17) is 4.74 Å². The molecule has 140 valence electrons. The maximum atomic E-state index is 15.0. The first kappa shape index (κ1) is 17.4. The van der Waals surface area contributed by atoms with Crippen molar-refractivity contribution in [2.75, 3.05) is 19.7 Å². The van der Waals surface area contributed by atoms with Crippen LogP contribution in [0.4, 0.5) is 4.48 Å². The van der Waals surface area contributed by atoms with Gasteiger partial charge in [0.2, 0.25) is 0 Å². The molecular formula is C19H21FN5O2+. The number of rotatable bonds is 2. The van der Waals surface area contributed by atoms with E-state index in [0.29, 0.717) is 25.5 Å². The molecule has 8 heteroatoms. The lowest BCUT2D eigenvalue weighted by molar-refractivity contribution is -0.987. The van der Waals surface area contributed by atoms with Crippen molar-refractivity contribution in [2.24, 2.45) is 10.1 Å². The van der Waals surface area contributed by atoms with Crippen LogP contribution in [0, 0.1) is 0 Å². The smallest absolute Gasteiger partial charge is 0.316 e. The zero-order valence-electron chi connectivity index (χ0n) is 15.1. The van der Waals surface area contributed by atoms with E-state index in [9.17, 15) is 4.79 Å². The first-order valence-corrected chi connectivity index (χ1v) is 9.01. The van der Waals surface area contributed by atoms with Crippen LogP contribution in [0.5, 0.6) is 5.75 Å². The van der Waals surface area contributed by atoms with Crippen LogP contribution >= 0.6 is 0 Å². The Labute approximate surface area is 156 Å². The van der Waals surface area contributed by atoms with E-state index < -0.39 is 10.7 Å². The highest BCUT2D eigenvalue weighted by atomic mass is 19.2.